The van der Waals surface area contributed by atoms with Crippen LogP contribution in [0.1, 0.15) is 38.2 Å². The van der Waals surface area contributed by atoms with E-state index in [1.165, 1.54) is 25.7 Å². The van der Waals surface area contributed by atoms with Gasteiger partial charge in [-0.15, -0.1) is 0 Å². The predicted octanol–water partition coefficient (Wildman–Crippen LogP) is 3.17. The van der Waals surface area contributed by atoms with Crippen LogP contribution in [-0.2, 0) is 11.2 Å². The van der Waals surface area contributed by atoms with Crippen LogP contribution in [0.3, 0.4) is 0 Å². The molecule has 1 aromatic rings. The number of amides is 1. The number of nitrogens with one attached hydrogen (secondary N) is 1. The maximum atomic E-state index is 12.0. The number of hydrogen-bond donors (Lipinski definition) is 1. The fraction of sp³-hybridized carbons (Fsp3) is 0.556. The number of carbonyl (C=O) groups is 1. The molecule has 1 N–H and O–H groups in total. The van der Waals surface area contributed by atoms with E-state index in [2.05, 4.69) is 17.5 Å². The maximum absolute atomic E-state index is 12.0. The highest BCUT2D eigenvalue weighted by molar-refractivity contribution is 5.87. The molecule has 0 heterocycles. The topological polar surface area (TPSA) is 50.7 Å². The molecule has 0 spiro atoms. The molecule has 1 amide bonds. The van der Waals surface area contributed by atoms with E-state index in [0.717, 1.165) is 28.9 Å². The zero-order chi connectivity index (χ0) is 15.5. The van der Waals surface area contributed by atoms with Gasteiger partial charge >= 0.3 is 0 Å². The smallest absolute Gasteiger partial charge is 0.244 e. The first-order valence-electron chi connectivity index (χ1n) is 8.11. The quantitative estimate of drug-likeness (QED) is 0.671. The summed E-state index contributed by atoms with van der Waals surface area (Å²) in [6.07, 6.45) is 5.68. The molecule has 0 radical (unpaired) electrons. The Kier molecular flexibility index (Phi) is 4.46. The largest absolute Gasteiger partial charge is 0.497 e. The second-order valence-corrected chi connectivity index (χ2v) is 6.59. The third-order valence-electron chi connectivity index (χ3n) is 5.16. The van der Waals surface area contributed by atoms with Gasteiger partial charge < -0.3 is 4.74 Å². The predicted molar refractivity (Wildman–Crippen MR) is 86.9 cm³/mol. The lowest BCUT2D eigenvalue weighted by Crippen LogP contribution is -2.25. The molecular weight excluding hydrogens is 276 g/mol. The van der Waals surface area contributed by atoms with Gasteiger partial charge in [0.05, 0.1) is 13.5 Å². The summed E-state index contributed by atoms with van der Waals surface area (Å²) in [4.78, 5) is 12.0. The number of benzene rings is 1. The van der Waals surface area contributed by atoms with Crippen LogP contribution in [-0.4, -0.2) is 18.7 Å². The number of hydrazone groups is 1. The molecule has 0 saturated heterocycles. The standard InChI is InChI=1S/C18H24N2O2/c1-12(17-10-14-3-6-15(17)9-14)19-20-18(21)11-13-4-7-16(22-2)8-5-13/h4-5,7-8,14-15,17H,3,6,9-11H2,1-2H3,(H,20,21)/b19-12+. The van der Waals surface area contributed by atoms with E-state index in [-0.39, 0.29) is 5.91 Å². The van der Waals surface area contributed by atoms with Gasteiger partial charge in [-0.25, -0.2) is 5.43 Å². The highest BCUT2D eigenvalue weighted by Gasteiger charge is 2.40. The first-order chi connectivity index (χ1) is 10.7. The normalized spacial score (nSPS) is 27.0. The summed E-state index contributed by atoms with van der Waals surface area (Å²) in [6, 6.07) is 7.55. The first kappa shape index (κ1) is 15.1. The van der Waals surface area contributed by atoms with Gasteiger partial charge in [0.25, 0.3) is 0 Å². The molecule has 118 valence electrons. The zero-order valence-electron chi connectivity index (χ0n) is 13.3. The van der Waals surface area contributed by atoms with Crippen molar-refractivity contribution in [2.45, 2.75) is 39.0 Å². The van der Waals surface area contributed by atoms with Crippen molar-refractivity contribution in [1.82, 2.24) is 5.43 Å². The number of methoxy groups -OCH3 is 1. The van der Waals surface area contributed by atoms with Crippen molar-refractivity contribution in [2.75, 3.05) is 7.11 Å². The summed E-state index contributed by atoms with van der Waals surface area (Å²) in [5.74, 6) is 3.02. The zero-order valence-corrected chi connectivity index (χ0v) is 13.3. The second-order valence-electron chi connectivity index (χ2n) is 6.59. The van der Waals surface area contributed by atoms with Crippen molar-refractivity contribution in [3.8, 4) is 5.75 Å². The van der Waals surface area contributed by atoms with Crippen molar-refractivity contribution in [1.29, 1.82) is 0 Å². The average molecular weight is 300 g/mol. The molecule has 0 aliphatic heterocycles. The number of hydrogen-bond acceptors (Lipinski definition) is 3. The Labute approximate surface area is 131 Å². The molecule has 2 bridgehead atoms. The average Bonchev–Trinajstić information content (AvgIpc) is 3.16. The van der Waals surface area contributed by atoms with Crippen LogP contribution in [0.25, 0.3) is 0 Å². The van der Waals surface area contributed by atoms with E-state index in [1.807, 2.05) is 24.3 Å². The minimum atomic E-state index is -0.0623. The van der Waals surface area contributed by atoms with Crippen molar-refractivity contribution in [3.63, 3.8) is 0 Å². The van der Waals surface area contributed by atoms with Crippen molar-refractivity contribution in [2.24, 2.45) is 22.9 Å². The summed E-state index contributed by atoms with van der Waals surface area (Å²) >= 11 is 0. The van der Waals surface area contributed by atoms with Gasteiger partial charge in [0.1, 0.15) is 5.75 Å². The number of ether oxygens (including phenoxy) is 1. The third-order valence-corrected chi connectivity index (χ3v) is 5.16. The van der Waals surface area contributed by atoms with Crippen molar-refractivity contribution < 1.29 is 9.53 Å². The second kappa shape index (κ2) is 6.51. The number of nitrogens with zero attached hydrogens (tertiary/aromatic N) is 1. The lowest BCUT2D eigenvalue weighted by atomic mass is 9.86. The van der Waals surface area contributed by atoms with Gasteiger partial charge in [0.15, 0.2) is 0 Å². The van der Waals surface area contributed by atoms with E-state index in [4.69, 9.17) is 4.74 Å². The fourth-order valence-corrected chi connectivity index (χ4v) is 3.96. The van der Waals surface area contributed by atoms with E-state index in [1.54, 1.807) is 7.11 Å². The van der Waals surface area contributed by atoms with E-state index in [9.17, 15) is 4.79 Å². The SMILES string of the molecule is COc1ccc(CC(=O)N/N=C(\C)C2CC3CCC2C3)cc1. The Morgan fingerprint density at radius 1 is 1.27 bits per heavy atom. The monoisotopic (exact) mass is 300 g/mol. The summed E-state index contributed by atoms with van der Waals surface area (Å²) in [6.45, 7) is 2.05. The Hall–Kier alpha value is -1.84. The molecule has 22 heavy (non-hydrogen) atoms. The minimum absolute atomic E-state index is 0.0623. The molecule has 4 heteroatoms. The minimum Gasteiger partial charge on any atom is -0.497 e. The van der Waals surface area contributed by atoms with Gasteiger partial charge in [-0.2, -0.15) is 5.10 Å². The van der Waals surface area contributed by atoms with Crippen LogP contribution in [0.2, 0.25) is 0 Å². The molecule has 0 aromatic heterocycles. The van der Waals surface area contributed by atoms with Crippen LogP contribution in [0.15, 0.2) is 29.4 Å². The van der Waals surface area contributed by atoms with Crippen LogP contribution in [0, 0.1) is 17.8 Å². The van der Waals surface area contributed by atoms with Crippen molar-refractivity contribution in [3.05, 3.63) is 29.8 Å². The van der Waals surface area contributed by atoms with Crippen molar-refractivity contribution >= 4 is 11.6 Å². The van der Waals surface area contributed by atoms with Crippen LogP contribution < -0.4 is 10.2 Å². The summed E-state index contributed by atoms with van der Waals surface area (Å²) < 4.78 is 5.11. The Balaban J connectivity index is 1.51. The van der Waals surface area contributed by atoms with Gasteiger partial charge in [-0.05, 0) is 55.7 Å². The highest BCUT2D eigenvalue weighted by atomic mass is 16.5. The molecule has 2 fully saturated rings. The van der Waals surface area contributed by atoms with Crippen LogP contribution in [0.5, 0.6) is 5.75 Å². The van der Waals surface area contributed by atoms with E-state index >= 15 is 0 Å². The van der Waals surface area contributed by atoms with Crippen LogP contribution >= 0.6 is 0 Å². The molecule has 2 aliphatic rings. The van der Waals surface area contributed by atoms with Gasteiger partial charge in [0.2, 0.25) is 5.91 Å². The number of rotatable bonds is 5. The van der Waals surface area contributed by atoms with Gasteiger partial charge in [-0.1, -0.05) is 18.6 Å². The Bertz CT molecular complexity index is 565. The molecular formula is C18H24N2O2. The van der Waals surface area contributed by atoms with Crippen LogP contribution in [0.4, 0.5) is 0 Å². The van der Waals surface area contributed by atoms with E-state index < -0.39 is 0 Å². The first-order valence-corrected chi connectivity index (χ1v) is 8.11. The summed E-state index contributed by atoms with van der Waals surface area (Å²) in [5, 5.41) is 4.35. The lowest BCUT2D eigenvalue weighted by Gasteiger charge is -2.21. The summed E-state index contributed by atoms with van der Waals surface area (Å²) in [5.41, 5.74) is 4.77. The van der Waals surface area contributed by atoms with Gasteiger partial charge in [-0.3, -0.25) is 4.79 Å². The number of carbonyl (C=O) groups excluding carboxylic acids is 1. The Morgan fingerprint density at radius 3 is 2.64 bits per heavy atom. The molecule has 3 unspecified atom stereocenters. The molecule has 2 saturated carbocycles. The third kappa shape index (κ3) is 3.32. The molecule has 4 nitrogen and oxygen atoms in total. The van der Waals surface area contributed by atoms with E-state index in [0.29, 0.717) is 12.3 Å². The summed E-state index contributed by atoms with van der Waals surface area (Å²) in [7, 11) is 1.63. The molecule has 1 aromatic carbocycles. The molecule has 3 rings (SSSR count). The maximum Gasteiger partial charge on any atom is 0.244 e. The Morgan fingerprint density at radius 2 is 2.05 bits per heavy atom. The lowest BCUT2D eigenvalue weighted by molar-refractivity contribution is -0.120. The molecule has 3 atom stereocenters. The molecule has 2 aliphatic carbocycles. The highest BCUT2D eigenvalue weighted by Crippen LogP contribution is 2.48. The van der Waals surface area contributed by atoms with Gasteiger partial charge in [0, 0.05) is 11.6 Å². The fourth-order valence-electron chi connectivity index (χ4n) is 3.96. The number of fused-ring (bicyclic) bond motifs is 2.